The summed E-state index contributed by atoms with van der Waals surface area (Å²) in [6.07, 6.45) is -1.78. The minimum absolute atomic E-state index is 0.0361. The number of phenolic OH excluding ortho intramolecular Hbond substituents is 1. The molecular formula is C28H40N2O9. The van der Waals surface area contributed by atoms with E-state index in [2.05, 4.69) is 10.6 Å². The lowest BCUT2D eigenvalue weighted by atomic mass is 9.90. The molecule has 1 aliphatic rings. The number of aromatic hydroxyl groups is 1. The normalized spacial score (nSPS) is 21.5. The van der Waals surface area contributed by atoms with Crippen molar-refractivity contribution in [3.05, 3.63) is 64.2 Å². The number of ether oxygens (including phenoxy) is 1. The minimum Gasteiger partial charge on any atom is -0.508 e. The van der Waals surface area contributed by atoms with Gasteiger partial charge < -0.3 is 51.1 Å². The van der Waals surface area contributed by atoms with Crippen LogP contribution < -0.4 is 10.6 Å². The molecule has 0 aliphatic carbocycles. The predicted octanol–water partition coefficient (Wildman–Crippen LogP) is -0.217. The Morgan fingerprint density at radius 3 is 2.28 bits per heavy atom. The highest BCUT2D eigenvalue weighted by Crippen LogP contribution is 2.38. The van der Waals surface area contributed by atoms with Crippen molar-refractivity contribution in [1.82, 2.24) is 10.6 Å². The molecule has 0 spiro atoms. The van der Waals surface area contributed by atoms with Crippen molar-refractivity contribution in [1.29, 1.82) is 0 Å². The van der Waals surface area contributed by atoms with Crippen LogP contribution in [0.2, 0.25) is 0 Å². The van der Waals surface area contributed by atoms with Crippen LogP contribution in [0, 0.1) is 6.92 Å². The minimum atomic E-state index is -1.47. The maximum absolute atomic E-state index is 12.0. The van der Waals surface area contributed by atoms with Crippen molar-refractivity contribution in [2.75, 3.05) is 33.0 Å². The summed E-state index contributed by atoms with van der Waals surface area (Å²) in [6.45, 7) is 0.0672. The first-order valence-electron chi connectivity index (χ1n) is 13.1. The SMILES string of the molecule is Cc1cc(O)c([C@H]2C[C@@H](O)[C@H](O)[C@@H](CO)O2)cc1Cc1ccc(CCCNC(=O)NC(CO)(CO)CO)cc1. The molecule has 39 heavy (non-hydrogen) atoms. The van der Waals surface area contributed by atoms with Crippen LogP contribution >= 0.6 is 0 Å². The van der Waals surface area contributed by atoms with Crippen LogP contribution in [0.1, 0.15) is 46.8 Å². The van der Waals surface area contributed by atoms with Crippen LogP contribution in [0.3, 0.4) is 0 Å². The van der Waals surface area contributed by atoms with Crippen LogP contribution in [0.4, 0.5) is 4.79 Å². The van der Waals surface area contributed by atoms with Crippen LogP contribution in [0.15, 0.2) is 36.4 Å². The maximum atomic E-state index is 12.0. The van der Waals surface area contributed by atoms with Crippen molar-refractivity contribution in [3.8, 4) is 5.75 Å². The second-order valence-electron chi connectivity index (χ2n) is 10.2. The number of aryl methyl sites for hydroxylation is 2. The Kier molecular flexibility index (Phi) is 11.1. The van der Waals surface area contributed by atoms with Crippen LogP contribution in [-0.2, 0) is 17.6 Å². The highest BCUT2D eigenvalue weighted by Gasteiger charge is 2.38. The van der Waals surface area contributed by atoms with E-state index in [0.717, 1.165) is 22.3 Å². The number of nitrogens with one attached hydrogen (secondary N) is 2. The molecule has 2 amide bonds. The number of hydrogen-bond acceptors (Lipinski definition) is 9. The first-order chi connectivity index (χ1) is 18.6. The molecule has 3 rings (SSSR count). The third kappa shape index (κ3) is 7.89. The fraction of sp³-hybridized carbons (Fsp3) is 0.536. The number of phenols is 1. The first kappa shape index (κ1) is 30.8. The van der Waals surface area contributed by atoms with Crippen molar-refractivity contribution < 1.29 is 45.3 Å². The summed E-state index contributed by atoms with van der Waals surface area (Å²) >= 11 is 0. The molecule has 1 aliphatic heterocycles. The van der Waals surface area contributed by atoms with Gasteiger partial charge in [-0.25, -0.2) is 4.79 Å². The number of hydrogen-bond donors (Lipinski definition) is 9. The Morgan fingerprint density at radius 2 is 1.67 bits per heavy atom. The summed E-state index contributed by atoms with van der Waals surface area (Å²) in [5, 5.41) is 73.2. The van der Waals surface area contributed by atoms with Gasteiger partial charge in [0.15, 0.2) is 0 Å². The van der Waals surface area contributed by atoms with Gasteiger partial charge in [0.05, 0.1) is 38.6 Å². The van der Waals surface area contributed by atoms with E-state index in [1.807, 2.05) is 37.3 Å². The van der Waals surface area contributed by atoms with E-state index in [0.29, 0.717) is 31.4 Å². The number of carbonyl (C=O) groups is 1. The number of aliphatic hydroxyl groups is 6. The van der Waals surface area contributed by atoms with Crippen molar-refractivity contribution in [2.45, 2.75) is 62.6 Å². The maximum Gasteiger partial charge on any atom is 0.315 e. The molecule has 0 radical (unpaired) electrons. The van der Waals surface area contributed by atoms with E-state index in [4.69, 9.17) is 4.74 Å². The zero-order valence-corrected chi connectivity index (χ0v) is 22.1. The summed E-state index contributed by atoms with van der Waals surface area (Å²) in [5.74, 6) is 0.0361. The lowest BCUT2D eigenvalue weighted by molar-refractivity contribution is -0.181. The topological polar surface area (TPSA) is 192 Å². The summed E-state index contributed by atoms with van der Waals surface area (Å²) in [4.78, 5) is 12.0. The highest BCUT2D eigenvalue weighted by atomic mass is 16.5. The molecule has 0 aromatic heterocycles. The molecule has 0 bridgehead atoms. The summed E-state index contributed by atoms with van der Waals surface area (Å²) in [7, 11) is 0. The molecule has 1 saturated heterocycles. The van der Waals surface area contributed by atoms with Gasteiger partial charge in [-0.05, 0) is 60.6 Å². The molecule has 9 N–H and O–H groups in total. The zero-order valence-electron chi connectivity index (χ0n) is 22.1. The fourth-order valence-electron chi connectivity index (χ4n) is 4.60. The smallest absolute Gasteiger partial charge is 0.315 e. The lowest BCUT2D eigenvalue weighted by Crippen LogP contribution is -2.59. The zero-order chi connectivity index (χ0) is 28.6. The Labute approximate surface area is 227 Å². The van der Waals surface area contributed by atoms with Crippen LogP contribution in [0.5, 0.6) is 5.75 Å². The van der Waals surface area contributed by atoms with Crippen molar-refractivity contribution in [3.63, 3.8) is 0 Å². The second kappa shape index (κ2) is 14.0. The average molecular weight is 549 g/mol. The molecule has 1 heterocycles. The largest absolute Gasteiger partial charge is 0.508 e. The van der Waals surface area contributed by atoms with Gasteiger partial charge in [0.25, 0.3) is 0 Å². The Bertz CT molecular complexity index is 1070. The van der Waals surface area contributed by atoms with Crippen LogP contribution in [-0.4, -0.2) is 98.6 Å². The van der Waals surface area contributed by atoms with Crippen LogP contribution in [0.25, 0.3) is 0 Å². The third-order valence-electron chi connectivity index (χ3n) is 7.21. The van der Waals surface area contributed by atoms with E-state index in [-0.39, 0.29) is 12.2 Å². The van der Waals surface area contributed by atoms with Crippen molar-refractivity contribution >= 4 is 6.03 Å². The summed E-state index contributed by atoms with van der Waals surface area (Å²) in [6, 6.07) is 11.0. The quantitative estimate of drug-likeness (QED) is 0.161. The van der Waals surface area contributed by atoms with E-state index in [1.54, 1.807) is 6.07 Å². The number of urea groups is 1. The molecule has 216 valence electrons. The Morgan fingerprint density at radius 1 is 1.03 bits per heavy atom. The lowest BCUT2D eigenvalue weighted by Gasteiger charge is -2.37. The second-order valence-corrected chi connectivity index (χ2v) is 10.2. The third-order valence-corrected chi connectivity index (χ3v) is 7.21. The molecule has 0 unspecified atom stereocenters. The fourth-order valence-corrected chi connectivity index (χ4v) is 4.60. The van der Waals surface area contributed by atoms with Gasteiger partial charge in [-0.3, -0.25) is 0 Å². The van der Waals surface area contributed by atoms with Gasteiger partial charge in [0, 0.05) is 18.5 Å². The molecule has 11 nitrogen and oxygen atoms in total. The summed E-state index contributed by atoms with van der Waals surface area (Å²) in [5.41, 5.74) is 3.04. The van der Waals surface area contributed by atoms with Gasteiger partial charge in [0.1, 0.15) is 23.5 Å². The van der Waals surface area contributed by atoms with Gasteiger partial charge in [-0.15, -0.1) is 0 Å². The number of benzene rings is 2. The molecular weight excluding hydrogens is 508 g/mol. The number of carbonyl (C=O) groups excluding carboxylic acids is 1. The molecule has 0 saturated carbocycles. The van der Waals surface area contributed by atoms with Gasteiger partial charge in [0.2, 0.25) is 0 Å². The van der Waals surface area contributed by atoms with Gasteiger partial charge in [-0.2, -0.15) is 0 Å². The number of rotatable bonds is 12. The summed E-state index contributed by atoms with van der Waals surface area (Å²) < 4.78 is 5.76. The molecule has 11 heteroatoms. The Balaban J connectivity index is 1.56. The van der Waals surface area contributed by atoms with E-state index >= 15 is 0 Å². The molecule has 2 aromatic rings. The van der Waals surface area contributed by atoms with E-state index < -0.39 is 62.4 Å². The molecule has 4 atom stereocenters. The van der Waals surface area contributed by atoms with Gasteiger partial charge in [-0.1, -0.05) is 24.3 Å². The molecule has 2 aromatic carbocycles. The van der Waals surface area contributed by atoms with Gasteiger partial charge >= 0.3 is 6.03 Å². The number of aliphatic hydroxyl groups excluding tert-OH is 6. The van der Waals surface area contributed by atoms with E-state index in [9.17, 15) is 40.5 Å². The molecule has 1 fully saturated rings. The number of amides is 2. The standard InChI is InChI=1S/C28H40N2O9/c1-17-9-22(35)21(24-12-23(36)26(37)25(13-31)39-24)11-20(17)10-19-6-4-18(5-7-19)3-2-8-29-27(38)30-28(14-32,15-33)16-34/h4-7,9,11,23-26,31-37H,2-3,8,10,12-16H2,1H3,(H2,29,30,38)/t23-,24-,25-,26+/m1/s1. The van der Waals surface area contributed by atoms with Crippen molar-refractivity contribution in [2.24, 2.45) is 0 Å². The Hall–Kier alpha value is -2.77. The monoisotopic (exact) mass is 548 g/mol. The first-order valence-corrected chi connectivity index (χ1v) is 13.1. The van der Waals surface area contributed by atoms with E-state index in [1.165, 1.54) is 0 Å². The average Bonchev–Trinajstić information content (AvgIpc) is 2.93. The predicted molar refractivity (Wildman–Crippen MR) is 142 cm³/mol. The highest BCUT2D eigenvalue weighted by molar-refractivity contribution is 5.74.